The van der Waals surface area contributed by atoms with Crippen LogP contribution in [0.1, 0.15) is 54.4 Å². The molecule has 0 radical (unpaired) electrons. The third kappa shape index (κ3) is 5.91. The minimum atomic E-state index is -3.81. The smallest absolute Gasteiger partial charge is 0.337 e. The Balaban J connectivity index is 1.41. The molecule has 2 aliphatic heterocycles. The van der Waals surface area contributed by atoms with Crippen LogP contribution >= 0.6 is 0 Å². The van der Waals surface area contributed by atoms with Gasteiger partial charge in [0, 0.05) is 18.8 Å². The quantitative estimate of drug-likeness (QED) is 0.569. The Bertz CT molecular complexity index is 1100. The molecule has 2 aromatic rings. The van der Waals surface area contributed by atoms with Gasteiger partial charge in [-0.2, -0.15) is 0 Å². The number of aromatic carboxylic acids is 1. The highest BCUT2D eigenvalue weighted by molar-refractivity contribution is 7.92. The van der Waals surface area contributed by atoms with E-state index in [9.17, 15) is 18.3 Å². The predicted octanol–water partition coefficient (Wildman–Crippen LogP) is 4.59. The van der Waals surface area contributed by atoms with Crippen LogP contribution in [-0.4, -0.2) is 57.1 Å². The van der Waals surface area contributed by atoms with Gasteiger partial charge in [0.15, 0.2) is 0 Å². The molecular formula is C26H35N3O4S. The van der Waals surface area contributed by atoms with Gasteiger partial charge in [-0.15, -0.1) is 0 Å². The Labute approximate surface area is 202 Å². The lowest BCUT2D eigenvalue weighted by Crippen LogP contribution is -2.37. The van der Waals surface area contributed by atoms with E-state index in [0.29, 0.717) is 17.2 Å². The molecule has 2 aromatic carbocycles. The number of hydrogen-bond donors (Lipinski definition) is 2. The second-order valence-corrected chi connectivity index (χ2v) is 11.2. The summed E-state index contributed by atoms with van der Waals surface area (Å²) in [5, 5.41) is 9.85. The fourth-order valence-corrected chi connectivity index (χ4v) is 6.42. The lowest BCUT2D eigenvalue weighted by atomic mass is 9.92. The van der Waals surface area contributed by atoms with E-state index in [2.05, 4.69) is 14.5 Å². The highest BCUT2D eigenvalue weighted by Gasteiger charge is 2.25. The number of anilines is 2. The zero-order valence-electron chi connectivity index (χ0n) is 19.9. The van der Waals surface area contributed by atoms with E-state index >= 15 is 0 Å². The molecule has 0 spiro atoms. The van der Waals surface area contributed by atoms with Gasteiger partial charge in [0.2, 0.25) is 0 Å². The van der Waals surface area contributed by atoms with Gasteiger partial charge in [-0.25, -0.2) is 13.2 Å². The van der Waals surface area contributed by atoms with E-state index in [-0.39, 0.29) is 16.1 Å². The number of aryl methyl sites for hydroxylation is 1. The number of hydrogen-bond acceptors (Lipinski definition) is 5. The van der Waals surface area contributed by atoms with Crippen molar-refractivity contribution in [3.8, 4) is 0 Å². The van der Waals surface area contributed by atoms with Gasteiger partial charge in [-0.1, -0.05) is 24.6 Å². The zero-order chi connectivity index (χ0) is 24.1. The summed E-state index contributed by atoms with van der Waals surface area (Å²) in [5.41, 5.74) is 1.66. The molecule has 0 saturated carbocycles. The number of sulfonamides is 1. The van der Waals surface area contributed by atoms with Gasteiger partial charge in [-0.3, -0.25) is 4.72 Å². The van der Waals surface area contributed by atoms with Crippen molar-refractivity contribution in [2.75, 3.05) is 42.3 Å². The number of likely N-dealkylation sites (tertiary alicyclic amines) is 1. The van der Waals surface area contributed by atoms with Crippen molar-refractivity contribution in [1.82, 2.24) is 4.90 Å². The van der Waals surface area contributed by atoms with Crippen LogP contribution in [0.2, 0.25) is 0 Å². The highest BCUT2D eigenvalue weighted by Crippen LogP contribution is 2.31. The van der Waals surface area contributed by atoms with Gasteiger partial charge in [-0.05, 0) is 94.4 Å². The van der Waals surface area contributed by atoms with Crippen molar-refractivity contribution in [2.45, 2.75) is 50.3 Å². The molecule has 0 aromatic heterocycles. The van der Waals surface area contributed by atoms with E-state index in [1.54, 1.807) is 43.3 Å². The first-order chi connectivity index (χ1) is 16.3. The number of nitrogens with zero attached hydrogens (tertiary/aromatic N) is 2. The summed E-state index contributed by atoms with van der Waals surface area (Å²) in [5.74, 6) is -0.384. The molecule has 0 bridgehead atoms. The SMILES string of the molecule is Cc1ccccc1S(=O)(=O)Nc1ccc(N2CCC(CCN3CCCCC3)CC2)c(C(=O)O)c1. The third-order valence-electron chi connectivity index (χ3n) is 7.12. The van der Waals surface area contributed by atoms with E-state index in [1.165, 1.54) is 51.4 Å². The molecule has 0 atom stereocenters. The molecule has 2 aliphatic rings. The van der Waals surface area contributed by atoms with Crippen molar-refractivity contribution in [3.63, 3.8) is 0 Å². The molecule has 0 amide bonds. The fraction of sp³-hybridized carbons (Fsp3) is 0.500. The first-order valence-electron chi connectivity index (χ1n) is 12.3. The highest BCUT2D eigenvalue weighted by atomic mass is 32.2. The summed E-state index contributed by atoms with van der Waals surface area (Å²) >= 11 is 0. The second-order valence-electron chi connectivity index (χ2n) is 9.53. The van der Waals surface area contributed by atoms with Crippen LogP contribution in [0.3, 0.4) is 0 Å². The minimum absolute atomic E-state index is 0.122. The number of carbonyl (C=O) groups is 1. The van der Waals surface area contributed by atoms with Crippen molar-refractivity contribution in [2.24, 2.45) is 5.92 Å². The average Bonchev–Trinajstić information content (AvgIpc) is 2.83. The van der Waals surface area contributed by atoms with Gasteiger partial charge in [0.25, 0.3) is 10.0 Å². The summed E-state index contributed by atoms with van der Waals surface area (Å²) in [6, 6.07) is 11.5. The maximum Gasteiger partial charge on any atom is 0.337 e. The maximum atomic E-state index is 12.8. The normalized spacial score (nSPS) is 18.1. The molecular weight excluding hydrogens is 450 g/mol. The Morgan fingerprint density at radius 2 is 1.74 bits per heavy atom. The molecule has 0 aliphatic carbocycles. The third-order valence-corrected chi connectivity index (χ3v) is 8.66. The first kappa shape index (κ1) is 24.5. The number of rotatable bonds is 8. The van der Waals surface area contributed by atoms with Crippen molar-refractivity contribution >= 4 is 27.4 Å². The average molecular weight is 486 g/mol. The van der Waals surface area contributed by atoms with Crippen LogP contribution in [0, 0.1) is 12.8 Å². The largest absolute Gasteiger partial charge is 0.478 e. The van der Waals surface area contributed by atoms with Crippen molar-refractivity contribution < 1.29 is 18.3 Å². The second kappa shape index (κ2) is 10.8. The monoisotopic (exact) mass is 485 g/mol. The van der Waals surface area contributed by atoms with E-state index in [4.69, 9.17) is 0 Å². The minimum Gasteiger partial charge on any atom is -0.478 e. The fourth-order valence-electron chi connectivity index (χ4n) is 5.13. The van der Waals surface area contributed by atoms with Gasteiger partial charge >= 0.3 is 5.97 Å². The van der Waals surface area contributed by atoms with Gasteiger partial charge in [0.1, 0.15) is 0 Å². The summed E-state index contributed by atoms with van der Waals surface area (Å²) in [6.45, 7) is 6.98. The molecule has 184 valence electrons. The summed E-state index contributed by atoms with van der Waals surface area (Å²) < 4.78 is 28.2. The molecule has 2 fully saturated rings. The molecule has 2 heterocycles. The molecule has 4 rings (SSSR count). The maximum absolute atomic E-state index is 12.8. The molecule has 34 heavy (non-hydrogen) atoms. The van der Waals surface area contributed by atoms with E-state index in [0.717, 1.165) is 25.9 Å². The molecule has 0 unspecified atom stereocenters. The van der Waals surface area contributed by atoms with Crippen molar-refractivity contribution in [3.05, 3.63) is 53.6 Å². The lowest BCUT2D eigenvalue weighted by molar-refractivity contribution is 0.0697. The number of carboxylic acid groups (broad SMARTS) is 1. The first-order valence-corrected chi connectivity index (χ1v) is 13.7. The Hall–Kier alpha value is -2.58. The molecule has 2 saturated heterocycles. The van der Waals surface area contributed by atoms with Crippen LogP contribution in [0.4, 0.5) is 11.4 Å². The van der Waals surface area contributed by atoms with Crippen molar-refractivity contribution in [1.29, 1.82) is 0 Å². The van der Waals surface area contributed by atoms with E-state index in [1.807, 2.05) is 0 Å². The molecule has 2 N–H and O–H groups in total. The van der Waals surface area contributed by atoms with E-state index < -0.39 is 16.0 Å². The van der Waals surface area contributed by atoms with Crippen LogP contribution in [0.25, 0.3) is 0 Å². The number of nitrogens with one attached hydrogen (secondary N) is 1. The molecule has 8 heteroatoms. The predicted molar refractivity (Wildman–Crippen MR) is 135 cm³/mol. The zero-order valence-corrected chi connectivity index (χ0v) is 20.7. The molecule has 7 nitrogen and oxygen atoms in total. The summed E-state index contributed by atoms with van der Waals surface area (Å²) in [7, 11) is -3.81. The standard InChI is InChI=1S/C26H35N3O4S/c1-20-7-3-4-8-25(20)34(32,33)27-22-9-10-24(23(19-22)26(30)31)29-17-12-21(13-18-29)11-16-28-14-5-2-6-15-28/h3-4,7-10,19,21,27H,2,5-6,11-18H2,1H3,(H,30,31). The van der Waals surface area contributed by atoms with Crippen LogP contribution < -0.4 is 9.62 Å². The lowest BCUT2D eigenvalue weighted by Gasteiger charge is -2.35. The summed E-state index contributed by atoms with van der Waals surface area (Å²) in [4.78, 5) is 16.9. The van der Waals surface area contributed by atoms with Gasteiger partial charge < -0.3 is 14.9 Å². The van der Waals surface area contributed by atoms with Crippen LogP contribution in [-0.2, 0) is 10.0 Å². The van der Waals surface area contributed by atoms with Gasteiger partial charge in [0.05, 0.1) is 16.1 Å². The van der Waals surface area contributed by atoms with Crippen LogP contribution in [0.15, 0.2) is 47.4 Å². The topological polar surface area (TPSA) is 90.0 Å². The van der Waals surface area contributed by atoms with Crippen LogP contribution in [0.5, 0.6) is 0 Å². The Kier molecular flexibility index (Phi) is 7.78. The Morgan fingerprint density at radius 3 is 2.41 bits per heavy atom. The number of carboxylic acids is 1. The Morgan fingerprint density at radius 1 is 1.03 bits per heavy atom. The summed E-state index contributed by atoms with van der Waals surface area (Å²) in [6.07, 6.45) is 7.29. The number of benzene rings is 2. The number of piperidine rings is 2.